The summed E-state index contributed by atoms with van der Waals surface area (Å²) in [6.45, 7) is 7.36. The molecule has 0 radical (unpaired) electrons. The third-order valence-corrected chi connectivity index (χ3v) is 4.87. The van der Waals surface area contributed by atoms with Gasteiger partial charge < -0.3 is 9.64 Å². The van der Waals surface area contributed by atoms with Crippen LogP contribution in [0.3, 0.4) is 0 Å². The second kappa shape index (κ2) is 8.47. The first kappa shape index (κ1) is 18.6. The van der Waals surface area contributed by atoms with Crippen molar-refractivity contribution in [1.82, 2.24) is 19.8 Å². The number of rotatable bonds is 6. The average molecular weight is 355 g/mol. The Balaban J connectivity index is 1.54. The van der Waals surface area contributed by atoms with Crippen LogP contribution in [0.5, 0.6) is 5.75 Å². The molecule has 0 unspecified atom stereocenters. The second-order valence-corrected chi connectivity index (χ2v) is 7.19. The molecule has 2 aromatic rings. The van der Waals surface area contributed by atoms with Crippen LogP contribution in [0.4, 0.5) is 5.95 Å². The number of methoxy groups -OCH3 is 1. The Bertz CT molecular complexity index is 704. The summed E-state index contributed by atoms with van der Waals surface area (Å²) in [4.78, 5) is 15.8. The number of aromatic nitrogens is 2. The minimum atomic E-state index is 0.503. The first-order chi connectivity index (χ1) is 12.5. The Hall–Kier alpha value is -2.18. The second-order valence-electron chi connectivity index (χ2n) is 7.19. The van der Waals surface area contributed by atoms with E-state index in [0.717, 1.165) is 44.4 Å². The van der Waals surface area contributed by atoms with Crippen LogP contribution >= 0.6 is 0 Å². The molecule has 1 aliphatic rings. The highest BCUT2D eigenvalue weighted by Crippen LogP contribution is 2.18. The quantitative estimate of drug-likeness (QED) is 0.792. The lowest BCUT2D eigenvalue weighted by molar-refractivity contribution is 0.0731. The van der Waals surface area contributed by atoms with Crippen molar-refractivity contribution in [2.75, 3.05) is 45.7 Å². The fourth-order valence-corrected chi connectivity index (χ4v) is 3.37. The van der Waals surface area contributed by atoms with E-state index in [0.29, 0.717) is 6.04 Å². The first-order valence-electron chi connectivity index (χ1n) is 9.12. The van der Waals surface area contributed by atoms with Crippen LogP contribution < -0.4 is 9.64 Å². The maximum Gasteiger partial charge on any atom is 0.224 e. The van der Waals surface area contributed by atoms with E-state index in [1.807, 2.05) is 37.5 Å². The minimum absolute atomic E-state index is 0.503. The molecule has 1 aliphatic heterocycles. The predicted molar refractivity (Wildman–Crippen MR) is 105 cm³/mol. The molecule has 0 amide bonds. The summed E-state index contributed by atoms with van der Waals surface area (Å²) >= 11 is 0. The third-order valence-electron chi connectivity index (χ3n) is 4.87. The summed E-state index contributed by atoms with van der Waals surface area (Å²) in [6.07, 6.45) is 3.88. The Kier molecular flexibility index (Phi) is 6.06. The van der Waals surface area contributed by atoms with E-state index in [9.17, 15) is 0 Å². The van der Waals surface area contributed by atoms with Crippen molar-refractivity contribution in [2.45, 2.75) is 26.1 Å². The molecule has 1 aromatic carbocycles. The monoisotopic (exact) mass is 355 g/mol. The Morgan fingerprint density at radius 3 is 2.54 bits per heavy atom. The van der Waals surface area contributed by atoms with Gasteiger partial charge in [-0.25, -0.2) is 9.97 Å². The van der Waals surface area contributed by atoms with Crippen LogP contribution in [0.2, 0.25) is 0 Å². The van der Waals surface area contributed by atoms with Gasteiger partial charge in [-0.1, -0.05) is 12.1 Å². The van der Waals surface area contributed by atoms with E-state index in [1.165, 1.54) is 11.1 Å². The van der Waals surface area contributed by atoms with Gasteiger partial charge in [0.05, 0.1) is 7.11 Å². The zero-order valence-corrected chi connectivity index (χ0v) is 16.2. The number of hydrogen-bond donors (Lipinski definition) is 0. The van der Waals surface area contributed by atoms with Gasteiger partial charge in [-0.05, 0) is 24.6 Å². The zero-order chi connectivity index (χ0) is 18.5. The molecule has 140 valence electrons. The SMILES string of the molecule is COc1cccc(CN2CCN(Cc3cnc(N(C)C)nc3)[C@@H](C)C2)c1. The van der Waals surface area contributed by atoms with Gasteiger partial charge in [-0.3, -0.25) is 9.80 Å². The Morgan fingerprint density at radius 2 is 1.88 bits per heavy atom. The van der Waals surface area contributed by atoms with E-state index in [4.69, 9.17) is 4.74 Å². The van der Waals surface area contributed by atoms with Crippen LogP contribution in [0.25, 0.3) is 0 Å². The molecule has 2 heterocycles. The Labute approximate surface area is 156 Å². The molecule has 0 aliphatic carbocycles. The molecular weight excluding hydrogens is 326 g/mol. The molecule has 6 nitrogen and oxygen atoms in total. The molecule has 1 fully saturated rings. The van der Waals surface area contributed by atoms with Gasteiger partial charge in [0.1, 0.15) is 5.75 Å². The van der Waals surface area contributed by atoms with Crippen molar-refractivity contribution in [2.24, 2.45) is 0 Å². The van der Waals surface area contributed by atoms with Crippen molar-refractivity contribution in [3.8, 4) is 5.75 Å². The van der Waals surface area contributed by atoms with E-state index in [-0.39, 0.29) is 0 Å². The number of hydrogen-bond acceptors (Lipinski definition) is 6. The Morgan fingerprint density at radius 1 is 1.12 bits per heavy atom. The topological polar surface area (TPSA) is 44.7 Å². The molecule has 1 atom stereocenters. The predicted octanol–water partition coefficient (Wildman–Crippen LogP) is 2.26. The van der Waals surface area contributed by atoms with Gasteiger partial charge in [0.15, 0.2) is 0 Å². The lowest BCUT2D eigenvalue weighted by Gasteiger charge is -2.40. The van der Waals surface area contributed by atoms with Gasteiger partial charge >= 0.3 is 0 Å². The molecule has 3 rings (SSSR count). The number of nitrogens with zero attached hydrogens (tertiary/aromatic N) is 5. The molecule has 0 N–H and O–H groups in total. The number of benzene rings is 1. The standard InChI is InChI=1S/C20H29N5O/c1-16-13-24(14-17-6-5-7-19(10-17)26-4)8-9-25(16)15-18-11-21-20(22-12-18)23(2)3/h5-7,10-12,16H,8-9,13-15H2,1-4H3/t16-/m0/s1. The fraction of sp³-hybridized carbons (Fsp3) is 0.500. The summed E-state index contributed by atoms with van der Waals surface area (Å²) < 4.78 is 5.33. The molecule has 6 heteroatoms. The average Bonchev–Trinajstić information content (AvgIpc) is 2.64. The summed E-state index contributed by atoms with van der Waals surface area (Å²) in [5.41, 5.74) is 2.47. The minimum Gasteiger partial charge on any atom is -0.497 e. The van der Waals surface area contributed by atoms with E-state index >= 15 is 0 Å². The maximum absolute atomic E-state index is 5.33. The third kappa shape index (κ3) is 4.71. The van der Waals surface area contributed by atoms with Crippen molar-refractivity contribution in [3.05, 3.63) is 47.8 Å². The largest absolute Gasteiger partial charge is 0.497 e. The molecular formula is C20H29N5O. The molecule has 0 saturated carbocycles. The maximum atomic E-state index is 5.33. The molecule has 0 bridgehead atoms. The van der Waals surface area contributed by atoms with Gasteiger partial charge in [-0.15, -0.1) is 0 Å². The number of anilines is 1. The van der Waals surface area contributed by atoms with Crippen LogP contribution in [-0.4, -0.2) is 66.6 Å². The van der Waals surface area contributed by atoms with Crippen LogP contribution in [0.1, 0.15) is 18.1 Å². The summed E-state index contributed by atoms with van der Waals surface area (Å²) in [5, 5.41) is 0. The molecule has 26 heavy (non-hydrogen) atoms. The van der Waals surface area contributed by atoms with Crippen molar-refractivity contribution < 1.29 is 4.74 Å². The van der Waals surface area contributed by atoms with E-state index in [2.05, 4.69) is 44.9 Å². The van der Waals surface area contributed by atoms with Gasteiger partial charge in [0, 0.05) is 70.8 Å². The summed E-state index contributed by atoms with van der Waals surface area (Å²) in [7, 11) is 5.63. The highest BCUT2D eigenvalue weighted by atomic mass is 16.5. The van der Waals surface area contributed by atoms with Crippen LogP contribution in [-0.2, 0) is 13.1 Å². The van der Waals surface area contributed by atoms with Crippen molar-refractivity contribution >= 4 is 5.95 Å². The fourth-order valence-electron chi connectivity index (χ4n) is 3.37. The highest BCUT2D eigenvalue weighted by Gasteiger charge is 2.24. The lowest BCUT2D eigenvalue weighted by Crippen LogP contribution is -2.50. The normalized spacial score (nSPS) is 18.7. The molecule has 0 spiro atoms. The highest BCUT2D eigenvalue weighted by molar-refractivity contribution is 5.28. The smallest absolute Gasteiger partial charge is 0.224 e. The summed E-state index contributed by atoms with van der Waals surface area (Å²) in [5.74, 6) is 1.68. The lowest BCUT2D eigenvalue weighted by atomic mass is 10.1. The van der Waals surface area contributed by atoms with Gasteiger partial charge in [0.2, 0.25) is 5.95 Å². The van der Waals surface area contributed by atoms with Crippen LogP contribution in [0.15, 0.2) is 36.7 Å². The summed E-state index contributed by atoms with van der Waals surface area (Å²) in [6, 6.07) is 8.85. The van der Waals surface area contributed by atoms with Crippen molar-refractivity contribution in [3.63, 3.8) is 0 Å². The van der Waals surface area contributed by atoms with Crippen molar-refractivity contribution in [1.29, 1.82) is 0 Å². The molecule has 1 aromatic heterocycles. The van der Waals surface area contributed by atoms with E-state index in [1.54, 1.807) is 7.11 Å². The zero-order valence-electron chi connectivity index (χ0n) is 16.2. The molecule has 1 saturated heterocycles. The number of ether oxygens (including phenoxy) is 1. The first-order valence-corrected chi connectivity index (χ1v) is 9.12. The number of piperazine rings is 1. The van der Waals surface area contributed by atoms with E-state index < -0.39 is 0 Å². The van der Waals surface area contributed by atoms with Gasteiger partial charge in [-0.2, -0.15) is 0 Å². The van der Waals surface area contributed by atoms with Gasteiger partial charge in [0.25, 0.3) is 0 Å². The van der Waals surface area contributed by atoms with Crippen LogP contribution in [0, 0.1) is 0 Å².